The monoisotopic (exact) mass is 250 g/mol. The Labute approximate surface area is 103 Å². The maximum Gasteiger partial charge on any atom is 0.168 e. The maximum atomic E-state index is 5.82. The Bertz CT molecular complexity index is 513. The van der Waals surface area contributed by atoms with Crippen molar-refractivity contribution in [2.75, 3.05) is 16.5 Å². The first kappa shape index (κ1) is 11.4. The van der Waals surface area contributed by atoms with Gasteiger partial charge in [-0.05, 0) is 24.3 Å². The van der Waals surface area contributed by atoms with Crippen molar-refractivity contribution in [1.82, 2.24) is 9.97 Å². The second kappa shape index (κ2) is 4.86. The number of nitrogens with one attached hydrogen (secondary N) is 2. The van der Waals surface area contributed by atoms with Gasteiger partial charge in [-0.2, -0.15) is 0 Å². The van der Waals surface area contributed by atoms with Gasteiger partial charge in [0.2, 0.25) is 0 Å². The molecular weight excluding hydrogens is 240 g/mol. The number of rotatable bonds is 3. The van der Waals surface area contributed by atoms with Crippen LogP contribution in [0.2, 0.25) is 5.02 Å². The highest BCUT2D eigenvalue weighted by Crippen LogP contribution is 2.25. The Morgan fingerprint density at radius 1 is 1.06 bits per heavy atom. The average molecular weight is 251 g/mol. The summed E-state index contributed by atoms with van der Waals surface area (Å²) < 4.78 is 0. The van der Waals surface area contributed by atoms with E-state index in [1.54, 1.807) is 12.1 Å². The Hall–Kier alpha value is -2.05. The standard InChI is InChI=1S/C10H11ClN6/c11-6-1-3-7(4-2-6)16-9-8(12)10(17-13)15-5-14-9/h1-5H,12-13H2,(H2,14,15,16,17). The van der Waals surface area contributed by atoms with Crippen molar-refractivity contribution in [2.24, 2.45) is 5.84 Å². The number of nitrogens with two attached hydrogens (primary N) is 2. The van der Waals surface area contributed by atoms with Gasteiger partial charge in [0, 0.05) is 10.7 Å². The van der Waals surface area contributed by atoms with Crippen LogP contribution in [0, 0.1) is 0 Å². The van der Waals surface area contributed by atoms with Crippen molar-refractivity contribution >= 4 is 34.6 Å². The Morgan fingerprint density at radius 2 is 1.71 bits per heavy atom. The molecule has 0 saturated heterocycles. The maximum absolute atomic E-state index is 5.82. The third kappa shape index (κ3) is 2.55. The van der Waals surface area contributed by atoms with E-state index in [9.17, 15) is 0 Å². The molecule has 0 aliphatic rings. The van der Waals surface area contributed by atoms with Crippen LogP contribution in [0.15, 0.2) is 30.6 Å². The van der Waals surface area contributed by atoms with E-state index in [-0.39, 0.29) is 0 Å². The zero-order valence-corrected chi connectivity index (χ0v) is 9.57. The molecule has 0 spiro atoms. The van der Waals surface area contributed by atoms with Crippen LogP contribution in [0.5, 0.6) is 0 Å². The zero-order chi connectivity index (χ0) is 12.3. The zero-order valence-electron chi connectivity index (χ0n) is 8.81. The molecule has 6 nitrogen and oxygen atoms in total. The van der Waals surface area contributed by atoms with E-state index in [2.05, 4.69) is 20.7 Å². The van der Waals surface area contributed by atoms with E-state index in [4.69, 9.17) is 23.2 Å². The van der Waals surface area contributed by atoms with Crippen molar-refractivity contribution in [3.05, 3.63) is 35.6 Å². The molecule has 0 amide bonds. The second-order valence-electron chi connectivity index (χ2n) is 3.26. The number of halogens is 1. The van der Waals surface area contributed by atoms with Crippen LogP contribution in [-0.4, -0.2) is 9.97 Å². The molecular formula is C10H11ClN6. The summed E-state index contributed by atoms with van der Waals surface area (Å²) in [4.78, 5) is 7.91. The summed E-state index contributed by atoms with van der Waals surface area (Å²) in [7, 11) is 0. The third-order valence-corrected chi connectivity index (χ3v) is 2.38. The number of nitrogens with zero attached hydrogens (tertiary/aromatic N) is 2. The molecule has 1 aromatic heterocycles. The van der Waals surface area contributed by atoms with Crippen LogP contribution in [0.1, 0.15) is 0 Å². The largest absolute Gasteiger partial charge is 0.393 e. The number of nitrogen functional groups attached to an aromatic ring is 2. The third-order valence-electron chi connectivity index (χ3n) is 2.13. The van der Waals surface area contributed by atoms with Gasteiger partial charge in [0.1, 0.15) is 12.0 Å². The normalized spacial score (nSPS) is 10.0. The van der Waals surface area contributed by atoms with E-state index in [1.165, 1.54) is 6.33 Å². The van der Waals surface area contributed by atoms with Crippen LogP contribution >= 0.6 is 11.6 Å². The molecule has 0 aliphatic carbocycles. The fourth-order valence-corrected chi connectivity index (χ4v) is 1.41. The van der Waals surface area contributed by atoms with Crippen LogP contribution in [0.3, 0.4) is 0 Å². The predicted octanol–water partition coefficient (Wildman–Crippen LogP) is 1.74. The lowest BCUT2D eigenvalue weighted by atomic mass is 10.3. The minimum absolute atomic E-state index is 0.352. The van der Waals surface area contributed by atoms with Gasteiger partial charge in [-0.15, -0.1) is 0 Å². The highest BCUT2D eigenvalue weighted by Gasteiger charge is 2.06. The smallest absolute Gasteiger partial charge is 0.168 e. The molecule has 0 bridgehead atoms. The number of anilines is 4. The lowest BCUT2D eigenvalue weighted by Gasteiger charge is -2.10. The second-order valence-corrected chi connectivity index (χ2v) is 3.70. The quantitative estimate of drug-likeness (QED) is 0.489. The molecule has 88 valence electrons. The van der Waals surface area contributed by atoms with Crippen molar-refractivity contribution in [3.8, 4) is 0 Å². The van der Waals surface area contributed by atoms with Crippen molar-refractivity contribution < 1.29 is 0 Å². The van der Waals surface area contributed by atoms with Crippen molar-refractivity contribution in [1.29, 1.82) is 0 Å². The SMILES string of the molecule is NNc1ncnc(Nc2ccc(Cl)cc2)c1N. The molecule has 0 aliphatic heterocycles. The summed E-state index contributed by atoms with van der Waals surface area (Å²) in [6.07, 6.45) is 1.36. The van der Waals surface area contributed by atoms with Gasteiger partial charge < -0.3 is 16.5 Å². The first-order valence-electron chi connectivity index (χ1n) is 4.80. The fraction of sp³-hybridized carbons (Fsp3) is 0. The van der Waals surface area contributed by atoms with E-state index in [0.29, 0.717) is 22.3 Å². The predicted molar refractivity (Wildman–Crippen MR) is 69.0 cm³/mol. The first-order valence-corrected chi connectivity index (χ1v) is 5.18. The Morgan fingerprint density at radius 3 is 2.35 bits per heavy atom. The summed E-state index contributed by atoms with van der Waals surface area (Å²) in [6, 6.07) is 7.17. The van der Waals surface area contributed by atoms with E-state index in [1.807, 2.05) is 12.1 Å². The Balaban J connectivity index is 2.27. The molecule has 2 aromatic rings. The van der Waals surface area contributed by atoms with Crippen LogP contribution in [0.4, 0.5) is 23.0 Å². The summed E-state index contributed by atoms with van der Waals surface area (Å²) in [6.45, 7) is 0. The average Bonchev–Trinajstić information content (AvgIpc) is 2.35. The van der Waals surface area contributed by atoms with E-state index in [0.717, 1.165) is 5.69 Å². The van der Waals surface area contributed by atoms with E-state index < -0.39 is 0 Å². The Kier molecular flexibility index (Phi) is 3.27. The highest BCUT2D eigenvalue weighted by atomic mass is 35.5. The lowest BCUT2D eigenvalue weighted by molar-refractivity contribution is 1.14. The van der Waals surface area contributed by atoms with E-state index >= 15 is 0 Å². The molecule has 0 radical (unpaired) electrons. The number of benzene rings is 1. The summed E-state index contributed by atoms with van der Waals surface area (Å²) in [5.74, 6) is 6.12. The fourth-order valence-electron chi connectivity index (χ4n) is 1.28. The van der Waals surface area contributed by atoms with Crippen molar-refractivity contribution in [3.63, 3.8) is 0 Å². The minimum atomic E-state index is 0.352. The molecule has 0 atom stereocenters. The van der Waals surface area contributed by atoms with Gasteiger partial charge in [-0.3, -0.25) is 0 Å². The molecule has 7 heteroatoms. The topological polar surface area (TPSA) is 102 Å². The number of hydrogen-bond acceptors (Lipinski definition) is 6. The molecule has 17 heavy (non-hydrogen) atoms. The molecule has 0 unspecified atom stereocenters. The van der Waals surface area contributed by atoms with Crippen molar-refractivity contribution in [2.45, 2.75) is 0 Å². The minimum Gasteiger partial charge on any atom is -0.393 e. The van der Waals surface area contributed by atoms with Crippen LogP contribution in [0.25, 0.3) is 0 Å². The van der Waals surface area contributed by atoms with Gasteiger partial charge in [0.25, 0.3) is 0 Å². The first-order chi connectivity index (χ1) is 8.20. The van der Waals surface area contributed by atoms with Gasteiger partial charge in [-0.1, -0.05) is 11.6 Å². The lowest BCUT2D eigenvalue weighted by Crippen LogP contribution is -2.12. The van der Waals surface area contributed by atoms with Crippen LogP contribution in [-0.2, 0) is 0 Å². The van der Waals surface area contributed by atoms with Gasteiger partial charge in [0.15, 0.2) is 11.6 Å². The molecule has 6 N–H and O–H groups in total. The highest BCUT2D eigenvalue weighted by molar-refractivity contribution is 6.30. The summed E-state index contributed by atoms with van der Waals surface area (Å²) in [5, 5.41) is 3.71. The number of aromatic nitrogens is 2. The molecule has 0 fully saturated rings. The summed E-state index contributed by atoms with van der Waals surface area (Å²) >= 11 is 5.79. The van der Waals surface area contributed by atoms with Crippen LogP contribution < -0.4 is 22.3 Å². The van der Waals surface area contributed by atoms with Gasteiger partial charge in [-0.25, -0.2) is 15.8 Å². The number of hydrazine groups is 1. The van der Waals surface area contributed by atoms with Gasteiger partial charge >= 0.3 is 0 Å². The molecule has 1 aromatic carbocycles. The van der Waals surface area contributed by atoms with Gasteiger partial charge in [0.05, 0.1) is 0 Å². The molecule has 2 rings (SSSR count). The molecule has 0 saturated carbocycles. The molecule has 1 heterocycles. The summed E-state index contributed by atoms with van der Waals surface area (Å²) in [5.41, 5.74) is 9.38. The number of hydrogen-bond donors (Lipinski definition) is 4.